The Bertz CT molecular complexity index is 1710. The molecule has 0 spiro atoms. The number of ketones is 1. The quantitative estimate of drug-likeness (QED) is 0.203. The predicted octanol–water partition coefficient (Wildman–Crippen LogP) is 7.24. The molecule has 1 aliphatic heterocycles. The van der Waals surface area contributed by atoms with Crippen molar-refractivity contribution < 1.29 is 27.2 Å². The molecular formula is C33H31F4N5O2. The summed E-state index contributed by atoms with van der Waals surface area (Å²) in [6.07, 6.45) is -2.16. The summed E-state index contributed by atoms with van der Waals surface area (Å²) in [5, 5.41) is 3.10. The number of aryl methyl sites for hydroxylation is 2. The van der Waals surface area contributed by atoms with Crippen LogP contribution < -0.4 is 15.1 Å². The van der Waals surface area contributed by atoms with Gasteiger partial charge in [-0.3, -0.25) is 9.59 Å². The van der Waals surface area contributed by atoms with Gasteiger partial charge in [0.05, 0.1) is 11.8 Å². The van der Waals surface area contributed by atoms with Crippen LogP contribution in [0.15, 0.2) is 66.9 Å². The van der Waals surface area contributed by atoms with E-state index >= 15 is 0 Å². The first-order valence-corrected chi connectivity index (χ1v) is 14.1. The maximum Gasteiger partial charge on any atom is 0.416 e. The number of nitrogens with one attached hydrogen (secondary N) is 1. The Morgan fingerprint density at radius 2 is 1.73 bits per heavy atom. The van der Waals surface area contributed by atoms with Gasteiger partial charge in [0.2, 0.25) is 11.9 Å². The predicted molar refractivity (Wildman–Crippen MR) is 161 cm³/mol. The minimum atomic E-state index is -4.48. The summed E-state index contributed by atoms with van der Waals surface area (Å²) in [6.45, 7) is 4.16. The first kappa shape index (κ1) is 30.7. The van der Waals surface area contributed by atoms with Gasteiger partial charge in [-0.1, -0.05) is 29.8 Å². The molecule has 2 heterocycles. The Hall–Kier alpha value is -4.80. The largest absolute Gasteiger partial charge is 0.416 e. The zero-order valence-electron chi connectivity index (χ0n) is 24.5. The molecule has 0 saturated carbocycles. The Labute approximate surface area is 252 Å². The number of nitrogens with zero attached hydrogens (tertiary/aromatic N) is 4. The van der Waals surface area contributed by atoms with Crippen LogP contribution in [0.4, 0.5) is 46.4 Å². The SMILES string of the molecule is Cc1cc(CC(=O)Cc2ccc(N(C)c3nc(Nc4ccc(C)c(N5CCCC5=O)c4)ncc3F)cc2)cc(C(F)(F)F)c1. The minimum Gasteiger partial charge on any atom is -0.327 e. The standard InChI is InChI=1S/C33H31F4N5O2/c1-20-13-23(15-24(14-20)33(35,36)37)17-27(43)16-22-7-10-26(11-8-22)41(3)31-28(34)19-38-32(40-31)39-25-9-6-21(2)29(18-25)42-12-4-5-30(42)44/h6-11,13-15,18-19H,4-5,12,16-17H2,1-3H3,(H,38,39,40). The molecule has 0 unspecified atom stereocenters. The van der Waals surface area contributed by atoms with E-state index in [0.29, 0.717) is 41.0 Å². The number of carbonyl (C=O) groups excluding carboxylic acids is 2. The molecule has 1 N–H and O–H groups in total. The van der Waals surface area contributed by atoms with Crippen LogP contribution in [0.25, 0.3) is 0 Å². The van der Waals surface area contributed by atoms with E-state index in [1.54, 1.807) is 54.1 Å². The lowest BCUT2D eigenvalue weighted by Crippen LogP contribution is -2.24. The molecule has 0 bridgehead atoms. The van der Waals surface area contributed by atoms with Crippen molar-refractivity contribution in [1.82, 2.24) is 9.97 Å². The van der Waals surface area contributed by atoms with E-state index in [-0.39, 0.29) is 36.3 Å². The zero-order valence-corrected chi connectivity index (χ0v) is 24.5. The Kier molecular flexibility index (Phi) is 8.66. The van der Waals surface area contributed by atoms with E-state index in [1.165, 1.54) is 0 Å². The van der Waals surface area contributed by atoms with Crippen molar-refractivity contribution in [3.05, 3.63) is 100 Å². The summed E-state index contributed by atoms with van der Waals surface area (Å²) in [5.74, 6) is -0.596. The van der Waals surface area contributed by atoms with Crippen LogP contribution >= 0.6 is 0 Å². The van der Waals surface area contributed by atoms with Crippen molar-refractivity contribution in [3.63, 3.8) is 0 Å². The molecule has 3 aromatic carbocycles. The smallest absolute Gasteiger partial charge is 0.327 e. The number of benzene rings is 3. The summed E-state index contributed by atoms with van der Waals surface area (Å²) in [5.41, 5.74) is 3.67. The van der Waals surface area contributed by atoms with Gasteiger partial charge >= 0.3 is 6.18 Å². The summed E-state index contributed by atoms with van der Waals surface area (Å²) in [6, 6.07) is 16.1. The summed E-state index contributed by atoms with van der Waals surface area (Å²) < 4.78 is 54.3. The summed E-state index contributed by atoms with van der Waals surface area (Å²) in [4.78, 5) is 36.7. The fraction of sp³-hybridized carbons (Fsp3) is 0.273. The van der Waals surface area contributed by atoms with Gasteiger partial charge < -0.3 is 15.1 Å². The Morgan fingerprint density at radius 1 is 1.00 bits per heavy atom. The van der Waals surface area contributed by atoms with Gasteiger partial charge in [-0.05, 0) is 73.4 Å². The number of alkyl halides is 3. The van der Waals surface area contributed by atoms with Crippen LogP contribution in [0.3, 0.4) is 0 Å². The van der Waals surface area contributed by atoms with Crippen molar-refractivity contribution in [2.24, 2.45) is 0 Å². The topological polar surface area (TPSA) is 78.4 Å². The highest BCUT2D eigenvalue weighted by molar-refractivity contribution is 5.96. The van der Waals surface area contributed by atoms with Gasteiger partial charge in [0.15, 0.2) is 11.6 Å². The number of hydrogen-bond donors (Lipinski definition) is 1. The monoisotopic (exact) mass is 605 g/mol. The van der Waals surface area contributed by atoms with Crippen LogP contribution in [0.5, 0.6) is 0 Å². The molecule has 11 heteroatoms. The number of anilines is 5. The average molecular weight is 606 g/mol. The fourth-order valence-corrected chi connectivity index (χ4v) is 5.27. The third-order valence-electron chi connectivity index (χ3n) is 7.46. The van der Waals surface area contributed by atoms with Crippen LogP contribution in [-0.4, -0.2) is 35.3 Å². The maximum atomic E-state index is 14.8. The van der Waals surface area contributed by atoms with E-state index in [1.807, 2.05) is 25.1 Å². The highest BCUT2D eigenvalue weighted by Crippen LogP contribution is 2.32. The third kappa shape index (κ3) is 7.04. The van der Waals surface area contributed by atoms with E-state index < -0.39 is 17.6 Å². The zero-order chi connectivity index (χ0) is 31.6. The third-order valence-corrected chi connectivity index (χ3v) is 7.46. The molecule has 0 radical (unpaired) electrons. The summed E-state index contributed by atoms with van der Waals surface area (Å²) >= 11 is 0. The Morgan fingerprint density at radius 3 is 2.41 bits per heavy atom. The molecule has 228 valence electrons. The highest BCUT2D eigenvalue weighted by atomic mass is 19.4. The van der Waals surface area contributed by atoms with Gasteiger partial charge in [0, 0.05) is 49.9 Å². The first-order valence-electron chi connectivity index (χ1n) is 14.1. The van der Waals surface area contributed by atoms with E-state index in [0.717, 1.165) is 36.0 Å². The lowest BCUT2D eigenvalue weighted by molar-refractivity contribution is -0.137. The van der Waals surface area contributed by atoms with Crippen LogP contribution in [0, 0.1) is 19.7 Å². The van der Waals surface area contributed by atoms with Gasteiger partial charge in [-0.25, -0.2) is 9.37 Å². The number of carbonyl (C=O) groups is 2. The molecule has 44 heavy (non-hydrogen) atoms. The second-order valence-electron chi connectivity index (χ2n) is 11.0. The number of rotatable bonds is 9. The fourth-order valence-electron chi connectivity index (χ4n) is 5.27. The van der Waals surface area contributed by atoms with E-state index in [2.05, 4.69) is 15.3 Å². The second-order valence-corrected chi connectivity index (χ2v) is 11.0. The normalized spacial score (nSPS) is 13.3. The lowest BCUT2D eigenvalue weighted by Gasteiger charge is -2.21. The van der Waals surface area contributed by atoms with Crippen molar-refractivity contribution in [2.75, 3.05) is 28.7 Å². The van der Waals surface area contributed by atoms with Gasteiger partial charge in [0.1, 0.15) is 5.78 Å². The second kappa shape index (κ2) is 12.4. The number of Topliss-reactive ketones (excluding diaryl/α,β-unsaturated/α-hetero) is 1. The summed E-state index contributed by atoms with van der Waals surface area (Å²) in [7, 11) is 1.65. The molecule has 0 aliphatic carbocycles. The minimum absolute atomic E-state index is 0.0216. The first-order chi connectivity index (χ1) is 20.9. The van der Waals surface area contributed by atoms with Crippen molar-refractivity contribution in [2.45, 2.75) is 45.7 Å². The number of halogens is 4. The lowest BCUT2D eigenvalue weighted by atomic mass is 9.99. The molecular weight excluding hydrogens is 574 g/mol. The molecule has 1 amide bonds. The van der Waals surface area contributed by atoms with Gasteiger partial charge in [0.25, 0.3) is 0 Å². The number of amides is 1. The van der Waals surface area contributed by atoms with Crippen molar-refractivity contribution in [1.29, 1.82) is 0 Å². The van der Waals surface area contributed by atoms with Gasteiger partial charge in [-0.15, -0.1) is 0 Å². The molecule has 1 aromatic heterocycles. The maximum absolute atomic E-state index is 14.8. The Balaban J connectivity index is 1.26. The van der Waals surface area contributed by atoms with Gasteiger partial charge in [-0.2, -0.15) is 18.2 Å². The van der Waals surface area contributed by atoms with Crippen LogP contribution in [0.1, 0.15) is 40.7 Å². The number of hydrogen-bond acceptors (Lipinski definition) is 6. The molecule has 0 atom stereocenters. The van der Waals surface area contributed by atoms with Crippen LogP contribution in [0.2, 0.25) is 0 Å². The number of aromatic nitrogens is 2. The molecule has 7 nitrogen and oxygen atoms in total. The molecule has 1 fully saturated rings. The highest BCUT2D eigenvalue weighted by Gasteiger charge is 2.31. The molecule has 4 aromatic rings. The van der Waals surface area contributed by atoms with E-state index in [9.17, 15) is 27.2 Å². The van der Waals surface area contributed by atoms with Crippen molar-refractivity contribution in [3.8, 4) is 0 Å². The van der Waals surface area contributed by atoms with Crippen molar-refractivity contribution >= 4 is 40.5 Å². The van der Waals surface area contributed by atoms with E-state index in [4.69, 9.17) is 0 Å². The molecule has 1 aliphatic rings. The van der Waals surface area contributed by atoms with Crippen LogP contribution in [-0.2, 0) is 28.6 Å². The average Bonchev–Trinajstić information content (AvgIpc) is 3.39. The molecule has 5 rings (SSSR count). The molecule has 1 saturated heterocycles.